The first-order valence-electron chi connectivity index (χ1n) is 6.89. The monoisotopic (exact) mass is 295 g/mol. The molecule has 1 aromatic carbocycles. The van der Waals surface area contributed by atoms with E-state index in [9.17, 15) is 14.0 Å². The van der Waals surface area contributed by atoms with Crippen molar-refractivity contribution in [1.29, 1.82) is 0 Å². The Bertz CT molecular complexity index is 491. The van der Waals surface area contributed by atoms with Crippen molar-refractivity contribution >= 4 is 11.9 Å². The summed E-state index contributed by atoms with van der Waals surface area (Å²) in [6, 6.07) is 5.74. The van der Waals surface area contributed by atoms with E-state index in [-0.39, 0.29) is 23.7 Å². The van der Waals surface area contributed by atoms with Crippen LogP contribution >= 0.6 is 0 Å². The fourth-order valence-corrected chi connectivity index (χ4v) is 1.76. The van der Waals surface area contributed by atoms with Gasteiger partial charge in [0.25, 0.3) is 0 Å². The first kappa shape index (κ1) is 17.1. The molecule has 0 aromatic heterocycles. The van der Waals surface area contributed by atoms with Gasteiger partial charge >= 0.3 is 5.97 Å². The number of hydrogen-bond acceptors (Lipinski definition) is 3. The lowest BCUT2D eigenvalue weighted by molar-refractivity contribution is -0.148. The lowest BCUT2D eigenvalue weighted by Gasteiger charge is -2.18. The molecule has 0 fully saturated rings. The molecule has 1 N–H and O–H groups in total. The maximum Gasteiger partial charge on any atom is 0.326 e. The summed E-state index contributed by atoms with van der Waals surface area (Å²) in [5, 5.41) is 2.53. The molecule has 0 heterocycles. The quantitative estimate of drug-likeness (QED) is 0.850. The average molecular weight is 295 g/mol. The molecular weight excluding hydrogens is 273 g/mol. The topological polar surface area (TPSA) is 55.4 Å². The summed E-state index contributed by atoms with van der Waals surface area (Å²) in [4.78, 5) is 23.2. The number of nitrogens with one attached hydrogen (secondary N) is 1. The van der Waals surface area contributed by atoms with E-state index in [4.69, 9.17) is 4.74 Å². The van der Waals surface area contributed by atoms with Crippen molar-refractivity contribution in [3.05, 3.63) is 35.6 Å². The van der Waals surface area contributed by atoms with Crippen LogP contribution in [0.5, 0.6) is 0 Å². The molecule has 0 spiro atoms. The van der Waals surface area contributed by atoms with Crippen molar-refractivity contribution in [1.82, 2.24) is 5.32 Å². The SMILES string of the molecule is CC(OC(=O)CNC(=O)CC(C)(C)C)c1ccc(F)cc1. The lowest BCUT2D eigenvalue weighted by Crippen LogP contribution is -2.33. The molecule has 116 valence electrons. The van der Waals surface area contributed by atoms with Crippen molar-refractivity contribution in [2.45, 2.75) is 40.2 Å². The zero-order chi connectivity index (χ0) is 16.0. The maximum absolute atomic E-state index is 12.8. The predicted molar refractivity (Wildman–Crippen MR) is 78.0 cm³/mol. The Morgan fingerprint density at radius 1 is 1.24 bits per heavy atom. The lowest BCUT2D eigenvalue weighted by atomic mass is 9.92. The van der Waals surface area contributed by atoms with Crippen LogP contribution in [0.2, 0.25) is 0 Å². The highest BCUT2D eigenvalue weighted by Crippen LogP contribution is 2.18. The molecule has 1 atom stereocenters. The first-order chi connectivity index (χ1) is 9.67. The van der Waals surface area contributed by atoms with Crippen molar-refractivity contribution in [2.75, 3.05) is 6.54 Å². The number of benzene rings is 1. The normalized spacial score (nSPS) is 12.6. The van der Waals surface area contributed by atoms with Gasteiger partial charge in [0.15, 0.2) is 0 Å². The summed E-state index contributed by atoms with van der Waals surface area (Å²) in [5.74, 6) is -1.05. The summed E-state index contributed by atoms with van der Waals surface area (Å²) >= 11 is 0. The van der Waals surface area contributed by atoms with Crippen LogP contribution in [-0.4, -0.2) is 18.4 Å². The van der Waals surface area contributed by atoms with Gasteiger partial charge in [-0.15, -0.1) is 0 Å². The van der Waals surface area contributed by atoms with Crippen molar-refractivity contribution < 1.29 is 18.7 Å². The second-order valence-corrected chi connectivity index (χ2v) is 6.20. The van der Waals surface area contributed by atoms with Gasteiger partial charge in [0.1, 0.15) is 18.5 Å². The van der Waals surface area contributed by atoms with E-state index in [1.54, 1.807) is 19.1 Å². The minimum absolute atomic E-state index is 0.130. The Morgan fingerprint density at radius 2 is 1.81 bits per heavy atom. The molecule has 0 aliphatic rings. The summed E-state index contributed by atoms with van der Waals surface area (Å²) in [6.45, 7) is 7.37. The molecular formula is C16H22FNO3. The van der Waals surface area contributed by atoms with Gasteiger partial charge < -0.3 is 10.1 Å². The highest BCUT2D eigenvalue weighted by Gasteiger charge is 2.17. The largest absolute Gasteiger partial charge is 0.456 e. The fraction of sp³-hybridized carbons (Fsp3) is 0.500. The van der Waals surface area contributed by atoms with Crippen molar-refractivity contribution in [3.8, 4) is 0 Å². The smallest absolute Gasteiger partial charge is 0.326 e. The molecule has 1 aromatic rings. The van der Waals surface area contributed by atoms with E-state index in [2.05, 4.69) is 5.32 Å². The van der Waals surface area contributed by atoms with Crippen molar-refractivity contribution in [3.63, 3.8) is 0 Å². The van der Waals surface area contributed by atoms with Crippen LogP contribution in [0.3, 0.4) is 0 Å². The van der Waals surface area contributed by atoms with Crippen LogP contribution < -0.4 is 5.32 Å². The summed E-state index contributed by atoms with van der Waals surface area (Å²) in [5.41, 5.74) is 0.570. The molecule has 0 aliphatic carbocycles. The summed E-state index contributed by atoms with van der Waals surface area (Å²) < 4.78 is 18.0. The minimum atomic E-state index is -0.519. The molecule has 0 bridgehead atoms. The van der Waals surface area contributed by atoms with Gasteiger partial charge in [-0.2, -0.15) is 0 Å². The van der Waals surface area contributed by atoms with Gasteiger partial charge in [-0.25, -0.2) is 4.39 Å². The number of carbonyl (C=O) groups is 2. The molecule has 0 aliphatic heterocycles. The molecule has 0 saturated heterocycles. The van der Waals surface area contributed by atoms with Crippen LogP contribution in [0.1, 0.15) is 45.8 Å². The Kier molecular flexibility index (Phi) is 5.88. The zero-order valence-corrected chi connectivity index (χ0v) is 12.9. The molecule has 21 heavy (non-hydrogen) atoms. The molecule has 1 amide bonds. The van der Waals surface area contributed by atoms with Gasteiger partial charge in [-0.1, -0.05) is 32.9 Å². The summed E-state index contributed by atoms with van der Waals surface area (Å²) in [7, 11) is 0. The van der Waals surface area contributed by atoms with Crippen LogP contribution in [-0.2, 0) is 14.3 Å². The molecule has 4 nitrogen and oxygen atoms in total. The molecule has 5 heteroatoms. The van der Waals surface area contributed by atoms with Gasteiger partial charge in [0.05, 0.1) is 0 Å². The van der Waals surface area contributed by atoms with Gasteiger partial charge in [-0.3, -0.25) is 9.59 Å². The van der Waals surface area contributed by atoms with E-state index in [1.807, 2.05) is 20.8 Å². The minimum Gasteiger partial charge on any atom is -0.456 e. The second kappa shape index (κ2) is 7.20. The number of rotatable bonds is 5. The van der Waals surface area contributed by atoms with E-state index in [1.165, 1.54) is 12.1 Å². The highest BCUT2D eigenvalue weighted by atomic mass is 19.1. The predicted octanol–water partition coefficient (Wildman–Crippen LogP) is 2.98. The third kappa shape index (κ3) is 6.88. The van der Waals surface area contributed by atoms with Crippen molar-refractivity contribution in [2.24, 2.45) is 5.41 Å². The van der Waals surface area contributed by atoms with Crippen LogP contribution in [0.15, 0.2) is 24.3 Å². The van der Waals surface area contributed by atoms with Crippen LogP contribution in [0.25, 0.3) is 0 Å². The van der Waals surface area contributed by atoms with Gasteiger partial charge in [0, 0.05) is 6.42 Å². The average Bonchev–Trinajstić information content (AvgIpc) is 2.35. The number of esters is 1. The van der Waals surface area contributed by atoms with Gasteiger partial charge in [0.2, 0.25) is 5.91 Å². The van der Waals surface area contributed by atoms with E-state index in [0.717, 1.165) is 0 Å². The van der Waals surface area contributed by atoms with E-state index < -0.39 is 12.1 Å². The summed E-state index contributed by atoms with van der Waals surface area (Å²) in [6.07, 6.45) is -0.147. The first-order valence-corrected chi connectivity index (χ1v) is 6.89. The highest BCUT2D eigenvalue weighted by molar-refractivity contribution is 5.82. The number of ether oxygens (including phenoxy) is 1. The zero-order valence-electron chi connectivity index (χ0n) is 12.9. The van der Waals surface area contributed by atoms with E-state index >= 15 is 0 Å². The Balaban J connectivity index is 2.40. The Labute approximate surface area is 124 Å². The standard InChI is InChI=1S/C16H22FNO3/c1-11(12-5-7-13(17)8-6-12)21-15(20)10-18-14(19)9-16(2,3)4/h5-8,11H,9-10H2,1-4H3,(H,18,19). The molecule has 0 radical (unpaired) electrons. The second-order valence-electron chi connectivity index (χ2n) is 6.20. The van der Waals surface area contributed by atoms with Crippen LogP contribution in [0.4, 0.5) is 4.39 Å². The number of carbonyl (C=O) groups excluding carboxylic acids is 2. The molecule has 1 unspecified atom stereocenters. The Morgan fingerprint density at radius 3 is 2.33 bits per heavy atom. The fourth-order valence-electron chi connectivity index (χ4n) is 1.76. The number of hydrogen-bond donors (Lipinski definition) is 1. The molecule has 0 saturated carbocycles. The maximum atomic E-state index is 12.8. The number of amides is 1. The third-order valence-corrected chi connectivity index (χ3v) is 2.77. The Hall–Kier alpha value is -1.91. The van der Waals surface area contributed by atoms with Gasteiger partial charge in [-0.05, 0) is 30.0 Å². The number of halogens is 1. The van der Waals surface area contributed by atoms with Crippen LogP contribution in [0, 0.1) is 11.2 Å². The van der Waals surface area contributed by atoms with E-state index in [0.29, 0.717) is 12.0 Å². The third-order valence-electron chi connectivity index (χ3n) is 2.77. The molecule has 1 rings (SSSR count).